The van der Waals surface area contributed by atoms with Gasteiger partial charge >= 0.3 is 5.97 Å². The number of rotatable bonds is 6. The molecule has 32 heavy (non-hydrogen) atoms. The van der Waals surface area contributed by atoms with Gasteiger partial charge in [0.1, 0.15) is 6.04 Å². The fourth-order valence-electron chi connectivity index (χ4n) is 3.56. The van der Waals surface area contributed by atoms with Crippen LogP contribution in [0, 0.1) is 5.92 Å². The van der Waals surface area contributed by atoms with Gasteiger partial charge in [0.25, 0.3) is 0 Å². The van der Waals surface area contributed by atoms with Crippen LogP contribution in [-0.4, -0.2) is 28.9 Å². The highest BCUT2D eigenvalue weighted by Gasteiger charge is 2.32. The summed E-state index contributed by atoms with van der Waals surface area (Å²) in [5.74, 6) is -1.97. The van der Waals surface area contributed by atoms with Crippen LogP contribution in [0.1, 0.15) is 37.0 Å². The number of primary amides is 1. The van der Waals surface area contributed by atoms with Gasteiger partial charge < -0.3 is 21.5 Å². The molecular weight excluding hydrogens is 453 g/mol. The molecule has 2 aromatic rings. The van der Waals surface area contributed by atoms with Crippen molar-refractivity contribution in [3.8, 4) is 0 Å². The SMILES string of the molecule is CC(C)C(=O)NCc1ccc(/C(C(N)=O)=C2/CC(C(=O)O)Nc3cc(Cl)cc(Cl)c32)cc1. The van der Waals surface area contributed by atoms with Gasteiger partial charge in [0.2, 0.25) is 11.8 Å². The predicted molar refractivity (Wildman–Crippen MR) is 125 cm³/mol. The third-order valence-corrected chi connectivity index (χ3v) is 5.69. The van der Waals surface area contributed by atoms with Gasteiger partial charge in [-0.1, -0.05) is 61.3 Å². The molecule has 0 aliphatic carbocycles. The van der Waals surface area contributed by atoms with Crippen molar-refractivity contribution in [2.75, 3.05) is 5.32 Å². The largest absolute Gasteiger partial charge is 0.480 e. The Balaban J connectivity index is 2.07. The minimum atomic E-state index is -1.08. The van der Waals surface area contributed by atoms with Crippen molar-refractivity contribution in [2.45, 2.75) is 32.9 Å². The summed E-state index contributed by atoms with van der Waals surface area (Å²) in [6.07, 6.45) is 0.00809. The van der Waals surface area contributed by atoms with Gasteiger partial charge in [-0.05, 0) is 28.8 Å². The number of hydrogen-bond acceptors (Lipinski definition) is 4. The first kappa shape index (κ1) is 23.6. The van der Waals surface area contributed by atoms with Crippen molar-refractivity contribution in [1.29, 1.82) is 0 Å². The summed E-state index contributed by atoms with van der Waals surface area (Å²) in [7, 11) is 0. The standard InChI is InChI=1S/C23H23Cl2N3O4/c1-11(2)22(30)27-10-12-3-5-13(6-4-12)19(21(26)29)15-9-18(23(31)32)28-17-8-14(24)7-16(25)20(15)17/h3-8,11,18,28H,9-10H2,1-2H3,(H2,26,29)(H,27,30)(H,31,32)/b19-15+. The number of nitrogens with one attached hydrogen (secondary N) is 2. The van der Waals surface area contributed by atoms with Crippen molar-refractivity contribution in [1.82, 2.24) is 5.32 Å². The highest BCUT2D eigenvalue weighted by molar-refractivity contribution is 6.38. The maximum Gasteiger partial charge on any atom is 0.326 e. The second kappa shape index (κ2) is 9.63. The number of carboxylic acids is 1. The van der Waals surface area contributed by atoms with E-state index in [-0.39, 0.29) is 28.8 Å². The Kier molecular flexibility index (Phi) is 7.11. The smallest absolute Gasteiger partial charge is 0.326 e. The summed E-state index contributed by atoms with van der Waals surface area (Å²) in [5, 5.41) is 15.9. The van der Waals surface area contributed by atoms with Crippen molar-refractivity contribution in [3.05, 3.63) is 63.1 Å². The number of anilines is 1. The van der Waals surface area contributed by atoms with Crippen LogP contribution in [-0.2, 0) is 20.9 Å². The normalized spacial score (nSPS) is 16.7. The first-order valence-electron chi connectivity index (χ1n) is 9.97. The Morgan fingerprint density at radius 3 is 2.41 bits per heavy atom. The highest BCUT2D eigenvalue weighted by Crippen LogP contribution is 2.43. The molecule has 0 saturated heterocycles. The van der Waals surface area contributed by atoms with Crippen molar-refractivity contribution in [3.63, 3.8) is 0 Å². The number of halogens is 2. The van der Waals surface area contributed by atoms with Crippen LogP contribution in [0.4, 0.5) is 5.69 Å². The molecule has 5 N–H and O–H groups in total. The second-order valence-corrected chi connectivity index (χ2v) is 8.68. The van der Waals surface area contributed by atoms with Crippen LogP contribution in [0.15, 0.2) is 36.4 Å². The summed E-state index contributed by atoms with van der Waals surface area (Å²) in [6.45, 7) is 3.96. The van der Waals surface area contributed by atoms with Gasteiger partial charge in [-0.25, -0.2) is 4.79 Å². The number of nitrogens with two attached hydrogens (primary N) is 1. The highest BCUT2D eigenvalue weighted by atomic mass is 35.5. The van der Waals surface area contributed by atoms with Crippen molar-refractivity contribution in [2.24, 2.45) is 11.7 Å². The van der Waals surface area contributed by atoms with Gasteiger partial charge in [0.15, 0.2) is 0 Å². The quantitative estimate of drug-likeness (QED) is 0.471. The molecule has 2 aromatic carbocycles. The number of carboxylic acid groups (broad SMARTS) is 1. The fraction of sp³-hybridized carbons (Fsp3) is 0.261. The minimum absolute atomic E-state index is 0.00809. The molecule has 0 radical (unpaired) electrons. The number of carbonyl (C=O) groups excluding carboxylic acids is 2. The fourth-order valence-corrected chi connectivity index (χ4v) is 4.17. The van der Waals surface area contributed by atoms with Crippen LogP contribution in [0.3, 0.4) is 0 Å². The van der Waals surface area contributed by atoms with Crippen molar-refractivity contribution < 1.29 is 19.5 Å². The predicted octanol–water partition coefficient (Wildman–Crippen LogP) is 3.93. The van der Waals surface area contributed by atoms with E-state index in [1.807, 2.05) is 13.8 Å². The molecule has 1 heterocycles. The first-order valence-corrected chi connectivity index (χ1v) is 10.7. The number of benzene rings is 2. The molecule has 0 aromatic heterocycles. The molecule has 0 spiro atoms. The zero-order valence-corrected chi connectivity index (χ0v) is 19.1. The molecule has 3 rings (SSSR count). The lowest BCUT2D eigenvalue weighted by molar-refractivity contribution is -0.137. The van der Waals surface area contributed by atoms with Crippen LogP contribution in [0.25, 0.3) is 11.1 Å². The van der Waals surface area contributed by atoms with E-state index >= 15 is 0 Å². The zero-order valence-electron chi connectivity index (χ0n) is 17.5. The molecule has 1 aliphatic rings. The Labute approximate surface area is 195 Å². The molecule has 9 heteroatoms. The van der Waals surface area contributed by atoms with E-state index in [1.165, 1.54) is 6.07 Å². The molecule has 168 valence electrons. The number of aliphatic carboxylic acids is 1. The summed E-state index contributed by atoms with van der Waals surface area (Å²) in [6, 6.07) is 9.10. The van der Waals surface area contributed by atoms with Crippen LogP contribution < -0.4 is 16.4 Å². The molecule has 1 aliphatic heterocycles. The average Bonchev–Trinajstić information content (AvgIpc) is 2.71. The van der Waals surface area contributed by atoms with E-state index in [2.05, 4.69) is 10.6 Å². The summed E-state index contributed by atoms with van der Waals surface area (Å²) >= 11 is 12.5. The lowest BCUT2D eigenvalue weighted by Crippen LogP contribution is -2.33. The second-order valence-electron chi connectivity index (χ2n) is 7.84. The third kappa shape index (κ3) is 5.06. The number of fused-ring (bicyclic) bond motifs is 1. The number of amides is 2. The van der Waals surface area contributed by atoms with E-state index in [4.69, 9.17) is 28.9 Å². The maximum absolute atomic E-state index is 12.5. The van der Waals surface area contributed by atoms with Gasteiger partial charge in [-0.3, -0.25) is 9.59 Å². The van der Waals surface area contributed by atoms with E-state index < -0.39 is 17.9 Å². The van der Waals surface area contributed by atoms with Gasteiger partial charge in [0.05, 0.1) is 10.6 Å². The lowest BCUT2D eigenvalue weighted by Gasteiger charge is -2.29. The molecule has 0 bridgehead atoms. The lowest BCUT2D eigenvalue weighted by atomic mass is 9.85. The van der Waals surface area contributed by atoms with Gasteiger partial charge in [-0.2, -0.15) is 0 Å². The zero-order chi connectivity index (χ0) is 23.6. The first-order chi connectivity index (χ1) is 15.1. The molecular formula is C23H23Cl2N3O4. The molecule has 7 nitrogen and oxygen atoms in total. The van der Waals surface area contributed by atoms with E-state index in [9.17, 15) is 19.5 Å². The van der Waals surface area contributed by atoms with E-state index in [0.717, 1.165) is 5.56 Å². The molecule has 1 atom stereocenters. The molecule has 2 amide bonds. The van der Waals surface area contributed by atoms with Crippen LogP contribution in [0.2, 0.25) is 10.0 Å². The van der Waals surface area contributed by atoms with Crippen molar-refractivity contribution >= 4 is 57.8 Å². The minimum Gasteiger partial charge on any atom is -0.480 e. The molecule has 1 unspecified atom stereocenters. The number of hydrogen-bond donors (Lipinski definition) is 4. The third-order valence-electron chi connectivity index (χ3n) is 5.17. The van der Waals surface area contributed by atoms with Gasteiger partial charge in [0, 0.05) is 35.2 Å². The van der Waals surface area contributed by atoms with E-state index in [1.54, 1.807) is 30.3 Å². The Morgan fingerprint density at radius 1 is 1.19 bits per heavy atom. The molecule has 0 fully saturated rings. The average molecular weight is 476 g/mol. The Bertz CT molecular complexity index is 1110. The Morgan fingerprint density at radius 2 is 1.84 bits per heavy atom. The van der Waals surface area contributed by atoms with E-state index in [0.29, 0.717) is 34.0 Å². The monoisotopic (exact) mass is 475 g/mol. The maximum atomic E-state index is 12.5. The number of carbonyl (C=O) groups is 3. The van der Waals surface area contributed by atoms with Crippen LogP contribution >= 0.6 is 23.2 Å². The Hall–Kier alpha value is -3.03. The molecule has 0 saturated carbocycles. The summed E-state index contributed by atoms with van der Waals surface area (Å²) in [5.41, 5.74) is 8.63. The summed E-state index contributed by atoms with van der Waals surface area (Å²) in [4.78, 5) is 36.0. The topological polar surface area (TPSA) is 122 Å². The van der Waals surface area contributed by atoms with Crippen LogP contribution in [0.5, 0.6) is 0 Å². The van der Waals surface area contributed by atoms with Gasteiger partial charge in [-0.15, -0.1) is 0 Å². The summed E-state index contributed by atoms with van der Waals surface area (Å²) < 4.78 is 0.